The number of nitrogens with one attached hydrogen (secondary N) is 1. The zero-order chi connectivity index (χ0) is 42.8. The Morgan fingerprint density at radius 1 is 0.672 bits per heavy atom. The number of aromatic amines is 1. The van der Waals surface area contributed by atoms with Gasteiger partial charge in [0, 0.05) is 24.2 Å². The van der Waals surface area contributed by atoms with Crippen LogP contribution < -0.4 is 0 Å². The van der Waals surface area contributed by atoms with Crippen molar-refractivity contribution in [3.05, 3.63) is 34.8 Å². The number of halogens is 3. The third kappa shape index (κ3) is 7.70. The lowest BCUT2D eigenvalue weighted by atomic mass is 9.48. The highest BCUT2D eigenvalue weighted by molar-refractivity contribution is 9.09. The van der Waals surface area contributed by atoms with E-state index in [-0.39, 0.29) is 16.7 Å². The minimum Gasteiger partial charge on any atom is -0.390 e. The lowest BCUT2D eigenvalue weighted by Crippen LogP contribution is -2.52. The lowest BCUT2D eigenvalue weighted by Gasteiger charge is -2.57. The fraction of sp³-hybridized carbons (Fsp3) is 0.840. The second-order valence-electron chi connectivity index (χ2n) is 23.7. The van der Waals surface area contributed by atoms with Gasteiger partial charge in [0.1, 0.15) is 5.78 Å². The van der Waals surface area contributed by atoms with Gasteiger partial charge in [-0.15, -0.1) is 0 Å². The largest absolute Gasteiger partial charge is 0.390 e. The Morgan fingerprint density at radius 3 is 1.61 bits per heavy atom. The molecule has 336 valence electrons. The molecule has 0 saturated heterocycles. The van der Waals surface area contributed by atoms with Gasteiger partial charge in [0.05, 0.1) is 45.5 Å². The van der Waals surface area contributed by atoms with Crippen molar-refractivity contribution in [2.45, 2.75) is 148 Å². The molecule has 2 aromatic rings. The van der Waals surface area contributed by atoms with E-state index in [2.05, 4.69) is 52.0 Å². The van der Waals surface area contributed by atoms with E-state index in [1.807, 2.05) is 6.92 Å². The van der Waals surface area contributed by atoms with Crippen LogP contribution in [-0.4, -0.2) is 58.3 Å². The minimum atomic E-state index is -0.445. The lowest BCUT2D eigenvalue weighted by molar-refractivity contribution is -0.136. The van der Waals surface area contributed by atoms with Gasteiger partial charge in [0.15, 0.2) is 5.78 Å². The van der Waals surface area contributed by atoms with Gasteiger partial charge >= 0.3 is 0 Å². The highest BCUT2D eigenvalue weighted by atomic mass is 79.9. The van der Waals surface area contributed by atoms with E-state index >= 15 is 0 Å². The highest BCUT2D eigenvalue weighted by Crippen LogP contribution is 2.76. The number of ketones is 2. The summed E-state index contributed by atoms with van der Waals surface area (Å²) in [6, 6.07) is 0. The second kappa shape index (κ2) is 16.0. The van der Waals surface area contributed by atoms with Crippen LogP contribution in [0.15, 0.2) is 24.8 Å². The molecule has 61 heavy (non-hydrogen) atoms. The van der Waals surface area contributed by atoms with E-state index in [1.165, 1.54) is 77.0 Å². The summed E-state index contributed by atoms with van der Waals surface area (Å²) in [5, 5.41) is 33.3. The maximum Gasteiger partial charge on any atom is 0.158 e. The van der Waals surface area contributed by atoms with Crippen molar-refractivity contribution in [1.29, 1.82) is 0 Å². The normalized spacial score (nSPS) is 50.5. The molecule has 2 heterocycles. The Hall–Kier alpha value is -1.26. The van der Waals surface area contributed by atoms with Crippen molar-refractivity contribution < 1.29 is 19.8 Å². The number of hydrogen-bond acceptors (Lipinski definition) is 6. The minimum absolute atomic E-state index is 0.176. The molecular formula is C50H71BrCl2N4O4. The van der Waals surface area contributed by atoms with Crippen LogP contribution in [-0.2, 0) is 16.1 Å². The topological polar surface area (TPSA) is 121 Å². The summed E-state index contributed by atoms with van der Waals surface area (Å²) in [5.74, 6) is 12.5. The van der Waals surface area contributed by atoms with Crippen LogP contribution in [0.1, 0.15) is 130 Å². The monoisotopic (exact) mass is 940 g/mol. The standard InChI is InChI=1S/C25H35ClN2O2.C22H33BrO2.C3H3ClN2/c1-24(30)7-5-16-14(10-24)3-4-18-17(16)6-8-25(2)22(18)19-9-20(19)23(25)21(29)13-28-12-15(26)11-27-28;1-21(25)7-5-13-12(10-21)3-4-15-14(13)6-8-22(2)19(15)16-9-17(16)20(22)18(24)11-23;4-3-1-5-6-2-3/h11-12,14,16-20,22-23,30H,3-10,13H2,1-2H3;12-17,19-20,25H,3-11H2,1-2H3;1-2H,(H,5,6)/t14-,16+,17-,18-,19-,20+,22-,23-,24-,25+;12-,13+,14-,15-,16-,17+,19-,20-,21-,22+;/m11./s1. The second-order valence-corrected chi connectivity index (χ2v) is 25.1. The smallest absolute Gasteiger partial charge is 0.158 e. The summed E-state index contributed by atoms with van der Waals surface area (Å²) in [7, 11) is 0. The number of fused-ring (bicyclic) bond motifs is 14. The van der Waals surface area contributed by atoms with Crippen molar-refractivity contribution in [1.82, 2.24) is 20.0 Å². The number of hydrogen-bond donors (Lipinski definition) is 3. The number of aliphatic hydroxyl groups is 2. The predicted octanol–water partition coefficient (Wildman–Crippen LogP) is 10.9. The molecule has 10 aliphatic rings. The number of carbonyl (C=O) groups excluding carboxylic acids is 2. The average Bonchev–Trinajstić information content (AvgIpc) is 3.96. The molecule has 20 atom stereocenters. The molecule has 3 N–H and O–H groups in total. The van der Waals surface area contributed by atoms with Crippen molar-refractivity contribution in [3.63, 3.8) is 0 Å². The van der Waals surface area contributed by atoms with Gasteiger partial charge in [0.25, 0.3) is 0 Å². The van der Waals surface area contributed by atoms with E-state index in [0.29, 0.717) is 51.2 Å². The molecule has 8 nitrogen and oxygen atoms in total. The van der Waals surface area contributed by atoms with E-state index in [0.717, 1.165) is 96.7 Å². The van der Waals surface area contributed by atoms with Crippen LogP contribution in [0.5, 0.6) is 0 Å². The Morgan fingerprint density at radius 2 is 1.18 bits per heavy atom. The molecule has 0 aliphatic heterocycles. The molecule has 2 aromatic heterocycles. The quantitative estimate of drug-likeness (QED) is 0.257. The molecule has 12 rings (SSSR count). The van der Waals surface area contributed by atoms with Crippen LogP contribution in [0.4, 0.5) is 0 Å². The maximum absolute atomic E-state index is 13.4. The van der Waals surface area contributed by atoms with Gasteiger partial charge in [0.2, 0.25) is 0 Å². The fourth-order valence-corrected chi connectivity index (χ4v) is 18.9. The zero-order valence-electron chi connectivity index (χ0n) is 37.0. The number of alkyl halides is 1. The number of aromatic nitrogens is 4. The van der Waals surface area contributed by atoms with Crippen LogP contribution in [0.3, 0.4) is 0 Å². The van der Waals surface area contributed by atoms with E-state index in [1.54, 1.807) is 29.5 Å². The number of carbonyl (C=O) groups is 2. The van der Waals surface area contributed by atoms with Gasteiger partial charge in [-0.3, -0.25) is 19.4 Å². The van der Waals surface area contributed by atoms with Gasteiger partial charge in [-0.05, 0) is 210 Å². The van der Waals surface area contributed by atoms with Gasteiger partial charge in [-0.2, -0.15) is 10.2 Å². The van der Waals surface area contributed by atoms with Crippen molar-refractivity contribution >= 4 is 50.7 Å². The summed E-state index contributed by atoms with van der Waals surface area (Å²) in [6.07, 6.45) is 26.0. The molecular weight excluding hydrogens is 871 g/mol. The van der Waals surface area contributed by atoms with E-state index in [4.69, 9.17) is 23.2 Å². The SMILES string of the molecule is C[C@@]1(O)CC[C@H]2[C@H](CC[C@@H]3[C@@H]2CC[C@@]2(C)[C@H]3[C@@H]3C[C@@H]3[C@@H]2C(=O)CBr)C1.C[C@@]1(O)CC[C@H]2[C@H](CC[C@@H]3[C@@H]2CC[C@@]2(C)[C@H]3[C@@H]3C[C@@H]3[C@@H]2C(=O)Cn2cc(Cl)cn2)C1.Clc1cn[nH]c1. The molecule has 0 amide bonds. The highest BCUT2D eigenvalue weighted by Gasteiger charge is 2.72. The first-order valence-electron chi connectivity index (χ1n) is 24.4. The first-order chi connectivity index (χ1) is 29.0. The van der Waals surface area contributed by atoms with Crippen LogP contribution in [0, 0.1) is 106 Å². The number of H-pyrrole nitrogens is 1. The Bertz CT molecular complexity index is 1950. The Kier molecular flexibility index (Phi) is 11.4. The number of rotatable bonds is 5. The van der Waals surface area contributed by atoms with Gasteiger partial charge in [-0.1, -0.05) is 53.0 Å². The maximum atomic E-state index is 13.4. The summed E-state index contributed by atoms with van der Waals surface area (Å²) in [4.78, 5) is 26.1. The summed E-state index contributed by atoms with van der Waals surface area (Å²) < 4.78 is 1.73. The predicted molar refractivity (Wildman–Crippen MR) is 242 cm³/mol. The number of Topliss-reactive ketones (excluding diaryl/α,β-unsaturated/α-hetero) is 2. The summed E-state index contributed by atoms with van der Waals surface area (Å²) in [5.41, 5.74) is -0.402. The average molecular weight is 943 g/mol. The van der Waals surface area contributed by atoms with Gasteiger partial charge in [-0.25, -0.2) is 0 Å². The fourth-order valence-electron chi connectivity index (χ4n) is 18.3. The molecule has 0 spiro atoms. The van der Waals surface area contributed by atoms with Crippen molar-refractivity contribution in [2.24, 2.45) is 106 Å². The molecule has 0 bridgehead atoms. The molecule has 11 heteroatoms. The first kappa shape index (κ1) is 43.6. The molecule has 10 aliphatic carbocycles. The van der Waals surface area contributed by atoms with Crippen LogP contribution in [0.2, 0.25) is 10.0 Å². The zero-order valence-corrected chi connectivity index (χ0v) is 40.1. The molecule has 10 fully saturated rings. The van der Waals surface area contributed by atoms with Crippen molar-refractivity contribution in [3.8, 4) is 0 Å². The molecule has 0 aromatic carbocycles. The van der Waals surface area contributed by atoms with Crippen LogP contribution >= 0.6 is 39.1 Å². The van der Waals surface area contributed by atoms with Crippen molar-refractivity contribution in [2.75, 3.05) is 5.33 Å². The third-order valence-electron chi connectivity index (χ3n) is 20.3. The van der Waals surface area contributed by atoms with Crippen LogP contribution in [0.25, 0.3) is 0 Å². The first-order valence-corrected chi connectivity index (χ1v) is 26.3. The third-order valence-corrected chi connectivity index (χ3v) is 21.2. The Labute approximate surface area is 382 Å². The molecule has 0 radical (unpaired) electrons. The number of nitrogens with zero attached hydrogens (tertiary/aromatic N) is 3. The molecule has 10 saturated carbocycles. The summed E-state index contributed by atoms with van der Waals surface area (Å²) in [6.45, 7) is 9.40. The van der Waals surface area contributed by atoms with Gasteiger partial charge < -0.3 is 10.2 Å². The summed E-state index contributed by atoms with van der Waals surface area (Å²) >= 11 is 14.8. The van der Waals surface area contributed by atoms with E-state index < -0.39 is 11.2 Å². The van der Waals surface area contributed by atoms with E-state index in [9.17, 15) is 19.8 Å². The molecule has 0 unspecified atom stereocenters. The Balaban J connectivity index is 0.000000130.